The number of aliphatic hydroxyl groups is 1. The van der Waals surface area contributed by atoms with Crippen molar-refractivity contribution in [3.63, 3.8) is 0 Å². The van der Waals surface area contributed by atoms with E-state index in [1.165, 1.54) is 6.08 Å². The summed E-state index contributed by atoms with van der Waals surface area (Å²) >= 11 is 21.1. The first-order valence-electron chi connectivity index (χ1n) is 10.1. The summed E-state index contributed by atoms with van der Waals surface area (Å²) in [7, 11) is 0. The van der Waals surface area contributed by atoms with Gasteiger partial charge in [0.1, 0.15) is 5.60 Å². The van der Waals surface area contributed by atoms with Crippen molar-refractivity contribution in [1.29, 1.82) is 0 Å². The molecule has 3 fully saturated rings. The van der Waals surface area contributed by atoms with Gasteiger partial charge in [0.15, 0.2) is 18.2 Å². The molecule has 0 unspecified atom stereocenters. The molecule has 0 aromatic carbocycles. The van der Waals surface area contributed by atoms with E-state index >= 15 is 0 Å². The van der Waals surface area contributed by atoms with Crippen LogP contribution < -0.4 is 0 Å². The Balaban J connectivity index is 1.87. The monoisotopic (exact) mass is 462 g/mol. The maximum absolute atomic E-state index is 13.4. The molecular weight excluding hydrogens is 438 g/mol. The van der Waals surface area contributed by atoms with E-state index in [2.05, 4.69) is 0 Å². The first kappa shape index (κ1) is 21.8. The van der Waals surface area contributed by atoms with Gasteiger partial charge in [0.2, 0.25) is 0 Å². The summed E-state index contributed by atoms with van der Waals surface area (Å²) in [6, 6.07) is 0. The minimum absolute atomic E-state index is 0.119. The number of ketones is 2. The van der Waals surface area contributed by atoms with Gasteiger partial charge < -0.3 is 5.11 Å². The Labute approximate surface area is 185 Å². The molecule has 0 spiro atoms. The van der Waals surface area contributed by atoms with Crippen molar-refractivity contribution >= 4 is 46.4 Å². The Morgan fingerprint density at radius 2 is 1.93 bits per heavy atom. The summed E-state index contributed by atoms with van der Waals surface area (Å²) in [6.07, 6.45) is 6.21. The predicted octanol–water partition coefficient (Wildman–Crippen LogP) is 4.61. The third kappa shape index (κ3) is 2.41. The number of carbonyl (C=O) groups excluding carboxylic acids is 2. The van der Waals surface area contributed by atoms with Crippen LogP contribution in [0.15, 0.2) is 23.8 Å². The highest BCUT2D eigenvalue weighted by Gasteiger charge is 2.75. The van der Waals surface area contributed by atoms with Gasteiger partial charge in [0, 0.05) is 10.8 Å². The number of fused-ring (bicyclic) bond motifs is 5. The molecule has 0 radical (unpaired) electrons. The van der Waals surface area contributed by atoms with Gasteiger partial charge in [-0.2, -0.15) is 0 Å². The number of carbonyl (C=O) groups is 2. The molecule has 0 saturated heterocycles. The fraction of sp³-hybridized carbons (Fsp3) is 0.727. The van der Waals surface area contributed by atoms with Crippen LogP contribution in [-0.2, 0) is 9.59 Å². The molecule has 9 atom stereocenters. The molecule has 0 aromatic rings. The van der Waals surface area contributed by atoms with Gasteiger partial charge in [-0.05, 0) is 54.7 Å². The number of allylic oxidation sites excluding steroid dienone is 4. The lowest BCUT2D eigenvalue weighted by Gasteiger charge is -2.64. The van der Waals surface area contributed by atoms with E-state index in [1.807, 2.05) is 19.9 Å². The Bertz CT molecular complexity index is 843. The number of hydrogen-bond acceptors (Lipinski definition) is 3. The van der Waals surface area contributed by atoms with Crippen molar-refractivity contribution in [2.24, 2.45) is 28.6 Å². The molecule has 0 bridgehead atoms. The van der Waals surface area contributed by atoms with Gasteiger partial charge in [-0.25, -0.2) is 4.39 Å². The first-order valence-corrected chi connectivity index (χ1v) is 11.4. The average molecular weight is 464 g/mol. The van der Waals surface area contributed by atoms with E-state index in [-0.39, 0.29) is 24.0 Å². The van der Waals surface area contributed by atoms with Crippen LogP contribution in [0, 0.1) is 28.6 Å². The van der Waals surface area contributed by atoms with Crippen LogP contribution in [-0.4, -0.2) is 44.6 Å². The molecule has 4 rings (SSSR count). The average Bonchev–Trinajstić information content (AvgIpc) is 2.86. The standard InChI is InChI=1S/C22H26Cl3FO3/c1-11-6-13-14-8-16(23)15-7-12(27)4-5-19(15,2)21(14,25)17(24)9-20(13,3)22(11,29)18(28)10-26/h4-5,7,11,13-14,16-17,29H,6,8-10H2,1-3H3/t11-,13+,14+,16+,17+,19+,20+,21+,22+/m1/s1. The van der Waals surface area contributed by atoms with Gasteiger partial charge in [0.25, 0.3) is 0 Å². The van der Waals surface area contributed by atoms with Crippen LogP contribution >= 0.6 is 34.8 Å². The molecule has 4 aliphatic carbocycles. The minimum Gasteiger partial charge on any atom is -0.381 e. The second-order valence-corrected chi connectivity index (χ2v) is 11.5. The van der Waals surface area contributed by atoms with E-state index in [4.69, 9.17) is 34.8 Å². The van der Waals surface area contributed by atoms with Crippen molar-refractivity contribution in [3.05, 3.63) is 23.8 Å². The van der Waals surface area contributed by atoms with Gasteiger partial charge in [0.05, 0.1) is 15.6 Å². The molecule has 0 aromatic heterocycles. The van der Waals surface area contributed by atoms with Crippen LogP contribution in [0.5, 0.6) is 0 Å². The van der Waals surface area contributed by atoms with Gasteiger partial charge in [-0.1, -0.05) is 26.8 Å². The van der Waals surface area contributed by atoms with Crippen molar-refractivity contribution in [2.45, 2.75) is 61.3 Å². The normalized spacial score (nSPS) is 53.7. The van der Waals surface area contributed by atoms with E-state index in [1.54, 1.807) is 13.0 Å². The quantitative estimate of drug-likeness (QED) is 0.609. The summed E-state index contributed by atoms with van der Waals surface area (Å²) in [5, 5.41) is 10.5. The number of halogens is 4. The number of Topliss-reactive ketones (excluding diaryl/α,β-unsaturated/α-hetero) is 1. The predicted molar refractivity (Wildman–Crippen MR) is 112 cm³/mol. The maximum atomic E-state index is 13.4. The fourth-order valence-electron chi connectivity index (χ4n) is 7.17. The van der Waals surface area contributed by atoms with Crippen LogP contribution in [0.1, 0.15) is 40.0 Å². The largest absolute Gasteiger partial charge is 0.381 e. The van der Waals surface area contributed by atoms with Crippen LogP contribution in [0.3, 0.4) is 0 Å². The van der Waals surface area contributed by atoms with E-state index in [0.717, 1.165) is 5.57 Å². The van der Waals surface area contributed by atoms with Gasteiger partial charge >= 0.3 is 0 Å². The topological polar surface area (TPSA) is 54.4 Å². The molecule has 4 aliphatic rings. The second kappa shape index (κ2) is 6.54. The Hall–Kier alpha value is -0.420. The van der Waals surface area contributed by atoms with Crippen molar-refractivity contribution in [3.8, 4) is 0 Å². The third-order valence-electron chi connectivity index (χ3n) is 8.71. The zero-order chi connectivity index (χ0) is 21.6. The third-order valence-corrected chi connectivity index (χ3v) is 10.7. The van der Waals surface area contributed by atoms with Crippen LogP contribution in [0.2, 0.25) is 0 Å². The van der Waals surface area contributed by atoms with E-state index in [9.17, 15) is 19.1 Å². The summed E-state index contributed by atoms with van der Waals surface area (Å²) in [4.78, 5) is 23.6. The SMILES string of the molecule is C[C@@H]1C[C@H]2[C@@H]3C[C@H](Cl)C4=CC(=O)C=C[C@]4(C)[C@@]3(Cl)[C@@H](Cl)C[C@]2(C)[C@@]1(O)C(=O)CF. The molecule has 7 heteroatoms. The summed E-state index contributed by atoms with van der Waals surface area (Å²) in [5.74, 6) is -1.65. The van der Waals surface area contributed by atoms with Crippen LogP contribution in [0.25, 0.3) is 0 Å². The number of hydrogen-bond donors (Lipinski definition) is 1. The zero-order valence-corrected chi connectivity index (χ0v) is 19.0. The lowest BCUT2D eigenvalue weighted by molar-refractivity contribution is -0.165. The lowest BCUT2D eigenvalue weighted by Crippen LogP contribution is -2.68. The lowest BCUT2D eigenvalue weighted by atomic mass is 9.46. The Morgan fingerprint density at radius 3 is 2.55 bits per heavy atom. The number of alkyl halides is 4. The molecule has 1 N–H and O–H groups in total. The Morgan fingerprint density at radius 1 is 1.28 bits per heavy atom. The molecule has 3 nitrogen and oxygen atoms in total. The molecule has 29 heavy (non-hydrogen) atoms. The smallest absolute Gasteiger partial charge is 0.196 e. The molecule has 0 aliphatic heterocycles. The van der Waals surface area contributed by atoms with Crippen molar-refractivity contribution in [1.82, 2.24) is 0 Å². The van der Waals surface area contributed by atoms with Gasteiger partial charge in [-0.3, -0.25) is 9.59 Å². The van der Waals surface area contributed by atoms with E-state index < -0.39 is 50.4 Å². The first-order chi connectivity index (χ1) is 13.4. The maximum Gasteiger partial charge on any atom is 0.196 e. The minimum atomic E-state index is -1.78. The van der Waals surface area contributed by atoms with E-state index in [0.29, 0.717) is 12.8 Å². The second-order valence-electron chi connectivity index (χ2n) is 9.77. The van der Waals surface area contributed by atoms with Crippen molar-refractivity contribution in [2.75, 3.05) is 6.67 Å². The molecule has 3 saturated carbocycles. The molecular formula is C22H26Cl3FO3. The van der Waals surface area contributed by atoms with Crippen LogP contribution in [0.4, 0.5) is 4.39 Å². The Kier molecular flexibility index (Phi) is 4.92. The summed E-state index contributed by atoms with van der Waals surface area (Å²) in [5.41, 5.74) is -2.63. The summed E-state index contributed by atoms with van der Waals surface area (Å²) < 4.78 is 13.4. The number of rotatable bonds is 2. The molecule has 0 heterocycles. The van der Waals surface area contributed by atoms with Gasteiger partial charge in [-0.15, -0.1) is 34.8 Å². The fourth-order valence-corrected chi connectivity index (χ4v) is 8.85. The zero-order valence-electron chi connectivity index (χ0n) is 16.7. The highest BCUT2D eigenvalue weighted by atomic mass is 35.5. The molecule has 160 valence electrons. The summed E-state index contributed by atoms with van der Waals surface area (Å²) in [6.45, 7) is 4.40. The van der Waals surface area contributed by atoms with Crippen molar-refractivity contribution < 1.29 is 19.1 Å². The highest BCUT2D eigenvalue weighted by molar-refractivity contribution is 6.34. The highest BCUT2D eigenvalue weighted by Crippen LogP contribution is 2.72. The molecule has 0 amide bonds.